The molecule has 1 heterocycles. The van der Waals surface area contributed by atoms with Gasteiger partial charge >= 0.3 is 6.09 Å². The lowest BCUT2D eigenvalue weighted by Crippen LogP contribution is -2.27. The first-order valence-corrected chi connectivity index (χ1v) is 7.21. The molecule has 0 spiro atoms. The quantitative estimate of drug-likeness (QED) is 0.664. The van der Waals surface area contributed by atoms with Crippen molar-refractivity contribution >= 4 is 17.0 Å². The van der Waals surface area contributed by atoms with Crippen LogP contribution in [0.1, 0.15) is 20.8 Å². The molecule has 4 nitrogen and oxygen atoms in total. The van der Waals surface area contributed by atoms with E-state index in [4.69, 9.17) is 4.74 Å². The van der Waals surface area contributed by atoms with Crippen molar-refractivity contribution in [2.45, 2.75) is 26.4 Å². The molecular formula is C18H18N2O2. The predicted octanol–water partition coefficient (Wildman–Crippen LogP) is 4.49. The number of fused-ring (bicyclic) bond motifs is 1. The van der Waals surface area contributed by atoms with Crippen molar-refractivity contribution < 1.29 is 9.53 Å². The van der Waals surface area contributed by atoms with Crippen LogP contribution in [0.3, 0.4) is 0 Å². The molecule has 3 aromatic rings. The molecule has 0 bridgehead atoms. The molecule has 0 unspecified atom stereocenters. The van der Waals surface area contributed by atoms with Gasteiger partial charge in [0.2, 0.25) is 0 Å². The van der Waals surface area contributed by atoms with Crippen LogP contribution < -0.4 is 0 Å². The molecule has 0 saturated heterocycles. The molecule has 3 rings (SSSR count). The molecule has 0 saturated carbocycles. The van der Waals surface area contributed by atoms with E-state index in [0.29, 0.717) is 0 Å². The second kappa shape index (κ2) is 5.30. The van der Waals surface area contributed by atoms with Crippen molar-refractivity contribution in [2.24, 2.45) is 0 Å². The van der Waals surface area contributed by atoms with Gasteiger partial charge in [0.05, 0.1) is 11.7 Å². The number of aromatic nitrogens is 2. The fourth-order valence-corrected chi connectivity index (χ4v) is 2.28. The van der Waals surface area contributed by atoms with Crippen LogP contribution in [-0.2, 0) is 4.74 Å². The van der Waals surface area contributed by atoms with Crippen LogP contribution in [0, 0.1) is 0 Å². The fraction of sp³-hybridized carbons (Fsp3) is 0.222. The molecule has 22 heavy (non-hydrogen) atoms. The van der Waals surface area contributed by atoms with Gasteiger partial charge in [0.25, 0.3) is 0 Å². The summed E-state index contributed by atoms with van der Waals surface area (Å²) in [5.74, 6) is 0. The van der Waals surface area contributed by atoms with Crippen molar-refractivity contribution in [1.29, 1.82) is 0 Å². The van der Waals surface area contributed by atoms with Crippen molar-refractivity contribution in [3.8, 4) is 11.1 Å². The molecule has 0 fully saturated rings. The van der Waals surface area contributed by atoms with Gasteiger partial charge in [0, 0.05) is 5.39 Å². The molecule has 0 aliphatic rings. The number of benzene rings is 2. The highest BCUT2D eigenvalue weighted by molar-refractivity contribution is 5.90. The first kappa shape index (κ1) is 14.3. The number of carbonyl (C=O) groups is 1. The Kier molecular flexibility index (Phi) is 3.45. The third-order valence-corrected chi connectivity index (χ3v) is 3.24. The molecule has 1 aromatic heterocycles. The SMILES string of the molecule is CC(C)(C)OC(=O)n1ncc2ccc(-c3ccccc3)cc21. The average Bonchev–Trinajstić information content (AvgIpc) is 2.89. The van der Waals surface area contributed by atoms with E-state index < -0.39 is 11.7 Å². The van der Waals surface area contributed by atoms with E-state index in [1.807, 2.05) is 69.3 Å². The van der Waals surface area contributed by atoms with Crippen LogP contribution in [0.2, 0.25) is 0 Å². The van der Waals surface area contributed by atoms with Crippen LogP contribution in [-0.4, -0.2) is 21.5 Å². The summed E-state index contributed by atoms with van der Waals surface area (Å²) >= 11 is 0. The van der Waals surface area contributed by atoms with Gasteiger partial charge < -0.3 is 4.74 Å². The van der Waals surface area contributed by atoms with Crippen molar-refractivity contribution in [3.05, 3.63) is 54.7 Å². The molecule has 0 atom stereocenters. The van der Waals surface area contributed by atoms with E-state index in [9.17, 15) is 4.79 Å². The van der Waals surface area contributed by atoms with E-state index in [2.05, 4.69) is 5.10 Å². The smallest absolute Gasteiger partial charge is 0.435 e. The van der Waals surface area contributed by atoms with Gasteiger partial charge in [0.15, 0.2) is 0 Å². The highest BCUT2D eigenvalue weighted by Gasteiger charge is 2.20. The van der Waals surface area contributed by atoms with Crippen LogP contribution in [0.15, 0.2) is 54.7 Å². The minimum atomic E-state index is -0.549. The lowest BCUT2D eigenvalue weighted by Gasteiger charge is -2.19. The number of ether oxygens (including phenoxy) is 1. The molecule has 112 valence electrons. The zero-order valence-electron chi connectivity index (χ0n) is 12.9. The minimum absolute atomic E-state index is 0.465. The zero-order valence-corrected chi connectivity index (χ0v) is 12.9. The van der Waals surface area contributed by atoms with E-state index in [1.54, 1.807) is 6.20 Å². The first-order chi connectivity index (χ1) is 10.4. The maximum atomic E-state index is 12.3. The Balaban J connectivity index is 2.04. The van der Waals surface area contributed by atoms with Gasteiger partial charge in [-0.3, -0.25) is 0 Å². The fourth-order valence-electron chi connectivity index (χ4n) is 2.28. The van der Waals surface area contributed by atoms with Gasteiger partial charge in [-0.1, -0.05) is 42.5 Å². The summed E-state index contributed by atoms with van der Waals surface area (Å²) in [6.45, 7) is 5.52. The largest absolute Gasteiger partial charge is 0.442 e. The van der Waals surface area contributed by atoms with Crippen molar-refractivity contribution in [3.63, 3.8) is 0 Å². The van der Waals surface area contributed by atoms with Crippen LogP contribution in [0.25, 0.3) is 22.0 Å². The number of nitrogens with zero attached hydrogens (tertiary/aromatic N) is 2. The Labute approximate surface area is 129 Å². The third kappa shape index (κ3) is 2.86. The summed E-state index contributed by atoms with van der Waals surface area (Å²) in [5.41, 5.74) is 2.34. The lowest BCUT2D eigenvalue weighted by atomic mass is 10.0. The van der Waals surface area contributed by atoms with Crippen LogP contribution >= 0.6 is 0 Å². The highest BCUT2D eigenvalue weighted by atomic mass is 16.6. The Hall–Kier alpha value is -2.62. The summed E-state index contributed by atoms with van der Waals surface area (Å²) < 4.78 is 6.71. The monoisotopic (exact) mass is 294 g/mol. The van der Waals surface area contributed by atoms with Crippen LogP contribution in [0.5, 0.6) is 0 Å². The van der Waals surface area contributed by atoms with E-state index in [0.717, 1.165) is 22.0 Å². The normalized spacial score (nSPS) is 11.6. The second-order valence-electron chi connectivity index (χ2n) is 6.18. The minimum Gasteiger partial charge on any atom is -0.442 e. The number of carbonyl (C=O) groups excluding carboxylic acids is 1. The molecule has 2 aromatic carbocycles. The van der Waals surface area contributed by atoms with Crippen LogP contribution in [0.4, 0.5) is 4.79 Å². The summed E-state index contributed by atoms with van der Waals surface area (Å²) in [5, 5.41) is 5.06. The van der Waals surface area contributed by atoms with Gasteiger partial charge in [-0.2, -0.15) is 9.78 Å². The molecule has 0 N–H and O–H groups in total. The first-order valence-electron chi connectivity index (χ1n) is 7.21. The number of hydrogen-bond donors (Lipinski definition) is 0. The van der Waals surface area contributed by atoms with Gasteiger partial charge in [-0.25, -0.2) is 4.79 Å². The Morgan fingerprint density at radius 1 is 1.05 bits per heavy atom. The predicted molar refractivity (Wildman–Crippen MR) is 86.8 cm³/mol. The van der Waals surface area contributed by atoms with Gasteiger partial charge in [0.1, 0.15) is 5.60 Å². The summed E-state index contributed by atoms with van der Waals surface area (Å²) in [6.07, 6.45) is 1.21. The zero-order chi connectivity index (χ0) is 15.7. The second-order valence-corrected chi connectivity index (χ2v) is 6.18. The summed E-state index contributed by atoms with van der Waals surface area (Å²) in [6, 6.07) is 16.0. The van der Waals surface area contributed by atoms with E-state index >= 15 is 0 Å². The van der Waals surface area contributed by atoms with Gasteiger partial charge in [-0.05, 0) is 38.0 Å². The topological polar surface area (TPSA) is 44.1 Å². The van der Waals surface area contributed by atoms with Gasteiger partial charge in [-0.15, -0.1) is 0 Å². The molecular weight excluding hydrogens is 276 g/mol. The molecule has 4 heteroatoms. The number of hydrogen-bond acceptors (Lipinski definition) is 3. The molecule has 0 aliphatic carbocycles. The Morgan fingerprint density at radius 2 is 1.77 bits per heavy atom. The maximum absolute atomic E-state index is 12.3. The average molecular weight is 294 g/mol. The van der Waals surface area contributed by atoms with Crippen molar-refractivity contribution in [1.82, 2.24) is 9.78 Å². The summed E-state index contributed by atoms with van der Waals surface area (Å²) in [4.78, 5) is 12.3. The van der Waals surface area contributed by atoms with E-state index in [1.165, 1.54) is 4.68 Å². The van der Waals surface area contributed by atoms with E-state index in [-0.39, 0.29) is 0 Å². The molecule has 0 amide bonds. The third-order valence-electron chi connectivity index (χ3n) is 3.24. The summed E-state index contributed by atoms with van der Waals surface area (Å²) in [7, 11) is 0. The Bertz CT molecular complexity index is 814. The van der Waals surface area contributed by atoms with Crippen molar-refractivity contribution in [2.75, 3.05) is 0 Å². The highest BCUT2D eigenvalue weighted by Crippen LogP contribution is 2.24. The Morgan fingerprint density at radius 3 is 2.45 bits per heavy atom. The maximum Gasteiger partial charge on any atom is 0.435 e. The number of rotatable bonds is 1. The lowest BCUT2D eigenvalue weighted by molar-refractivity contribution is 0.0523. The molecule has 0 aliphatic heterocycles. The standard InChI is InChI=1S/C18H18N2O2/c1-18(2,3)22-17(21)20-16-11-14(9-10-15(16)12-19-20)13-7-5-4-6-8-13/h4-12H,1-3H3. The molecule has 0 radical (unpaired) electrons.